The average Bonchev–Trinajstić information content (AvgIpc) is 2.24. The highest BCUT2D eigenvalue weighted by Crippen LogP contribution is 2.12. The highest BCUT2D eigenvalue weighted by atomic mass is 16.5. The van der Waals surface area contributed by atoms with Crippen molar-refractivity contribution in [2.24, 2.45) is 5.92 Å². The Labute approximate surface area is 98.6 Å². The van der Waals surface area contributed by atoms with Gasteiger partial charge in [0.2, 0.25) is 0 Å². The summed E-state index contributed by atoms with van der Waals surface area (Å²) in [5.41, 5.74) is 0. The number of Topliss-reactive ketones (excluding diaryl/α,β-unsaturated/α-hetero) is 1. The van der Waals surface area contributed by atoms with Gasteiger partial charge in [-0.05, 0) is 12.3 Å². The Balaban J connectivity index is 3.58. The average molecular weight is 228 g/mol. The molecule has 0 fully saturated rings. The van der Waals surface area contributed by atoms with Crippen molar-refractivity contribution >= 4 is 11.8 Å². The third-order valence-corrected chi connectivity index (χ3v) is 2.63. The van der Waals surface area contributed by atoms with Gasteiger partial charge in [0, 0.05) is 19.3 Å². The standard InChI is InChI=1S/C13H24O3/c1-4-5-6-7-8-12(14)9-11(2)10-13(15)16-3/h11H,4-10H2,1-3H3/t11-/m1/s1. The summed E-state index contributed by atoms with van der Waals surface area (Å²) < 4.78 is 4.57. The van der Waals surface area contributed by atoms with Crippen LogP contribution in [0.1, 0.15) is 58.8 Å². The smallest absolute Gasteiger partial charge is 0.305 e. The van der Waals surface area contributed by atoms with Crippen molar-refractivity contribution in [3.63, 3.8) is 0 Å². The van der Waals surface area contributed by atoms with Crippen LogP contribution in [-0.2, 0) is 14.3 Å². The number of ketones is 1. The zero-order valence-corrected chi connectivity index (χ0v) is 10.8. The van der Waals surface area contributed by atoms with Crippen LogP contribution in [0.2, 0.25) is 0 Å². The molecule has 0 aliphatic rings. The first-order valence-corrected chi connectivity index (χ1v) is 6.18. The van der Waals surface area contributed by atoms with Crippen molar-refractivity contribution in [1.29, 1.82) is 0 Å². The highest BCUT2D eigenvalue weighted by Gasteiger charge is 2.13. The van der Waals surface area contributed by atoms with E-state index >= 15 is 0 Å². The van der Waals surface area contributed by atoms with E-state index in [-0.39, 0.29) is 17.7 Å². The maximum atomic E-state index is 11.5. The van der Waals surface area contributed by atoms with Crippen LogP contribution in [0, 0.1) is 5.92 Å². The number of rotatable bonds is 9. The lowest BCUT2D eigenvalue weighted by Gasteiger charge is -2.08. The lowest BCUT2D eigenvalue weighted by molar-refractivity contribution is -0.141. The van der Waals surface area contributed by atoms with Gasteiger partial charge in [-0.3, -0.25) is 9.59 Å². The maximum absolute atomic E-state index is 11.5. The minimum atomic E-state index is -0.230. The number of methoxy groups -OCH3 is 1. The number of hydrogen-bond donors (Lipinski definition) is 0. The molecule has 0 spiro atoms. The van der Waals surface area contributed by atoms with Gasteiger partial charge in [-0.1, -0.05) is 33.1 Å². The van der Waals surface area contributed by atoms with Gasteiger partial charge in [0.1, 0.15) is 5.78 Å². The molecule has 0 aromatic rings. The molecule has 94 valence electrons. The van der Waals surface area contributed by atoms with E-state index in [2.05, 4.69) is 11.7 Å². The molecule has 0 amide bonds. The molecule has 0 heterocycles. The first-order chi connectivity index (χ1) is 7.60. The SMILES string of the molecule is CCCCCCC(=O)C[C@@H](C)CC(=O)OC. The quantitative estimate of drug-likeness (QED) is 0.450. The molecule has 1 atom stereocenters. The first-order valence-electron chi connectivity index (χ1n) is 6.18. The third-order valence-electron chi connectivity index (χ3n) is 2.63. The van der Waals surface area contributed by atoms with Crippen LogP contribution in [0.5, 0.6) is 0 Å². The van der Waals surface area contributed by atoms with Gasteiger partial charge in [0.25, 0.3) is 0 Å². The molecule has 0 rings (SSSR count). The summed E-state index contributed by atoms with van der Waals surface area (Å²) in [4.78, 5) is 22.5. The Kier molecular flexibility index (Phi) is 8.87. The molecule has 0 aliphatic carbocycles. The fourth-order valence-electron chi connectivity index (χ4n) is 1.68. The summed E-state index contributed by atoms with van der Waals surface area (Å²) in [5.74, 6) is 0.143. The minimum absolute atomic E-state index is 0.103. The van der Waals surface area contributed by atoms with Gasteiger partial charge < -0.3 is 4.74 Å². The fraction of sp³-hybridized carbons (Fsp3) is 0.846. The number of unbranched alkanes of at least 4 members (excludes halogenated alkanes) is 3. The minimum Gasteiger partial charge on any atom is -0.469 e. The van der Waals surface area contributed by atoms with Crippen LogP contribution in [0.15, 0.2) is 0 Å². The second-order valence-electron chi connectivity index (χ2n) is 4.44. The molecule has 0 aliphatic heterocycles. The largest absolute Gasteiger partial charge is 0.469 e. The molecule has 0 aromatic carbocycles. The summed E-state index contributed by atoms with van der Waals surface area (Å²) in [5, 5.41) is 0. The normalized spacial score (nSPS) is 12.2. The molecule has 0 radical (unpaired) electrons. The van der Waals surface area contributed by atoms with Gasteiger partial charge in [-0.15, -0.1) is 0 Å². The number of carbonyl (C=O) groups is 2. The number of esters is 1. The summed E-state index contributed by atoms with van der Waals surface area (Å²) in [6.45, 7) is 4.07. The van der Waals surface area contributed by atoms with Crippen LogP contribution in [0.3, 0.4) is 0 Å². The summed E-state index contributed by atoms with van der Waals surface area (Å²) in [7, 11) is 1.38. The molecular formula is C13H24O3. The highest BCUT2D eigenvalue weighted by molar-refractivity contribution is 5.79. The van der Waals surface area contributed by atoms with Crippen molar-refractivity contribution in [2.75, 3.05) is 7.11 Å². The van der Waals surface area contributed by atoms with E-state index in [4.69, 9.17) is 0 Å². The fourth-order valence-corrected chi connectivity index (χ4v) is 1.68. The molecular weight excluding hydrogens is 204 g/mol. The summed E-state index contributed by atoms with van der Waals surface area (Å²) >= 11 is 0. The molecule has 16 heavy (non-hydrogen) atoms. The van der Waals surface area contributed by atoms with Gasteiger partial charge in [-0.2, -0.15) is 0 Å². The van der Waals surface area contributed by atoms with Crippen LogP contribution in [0.4, 0.5) is 0 Å². The molecule has 0 N–H and O–H groups in total. The van der Waals surface area contributed by atoms with Crippen molar-refractivity contribution < 1.29 is 14.3 Å². The van der Waals surface area contributed by atoms with E-state index in [0.29, 0.717) is 19.3 Å². The second kappa shape index (κ2) is 9.37. The lowest BCUT2D eigenvalue weighted by atomic mass is 9.98. The van der Waals surface area contributed by atoms with Crippen LogP contribution < -0.4 is 0 Å². The second-order valence-corrected chi connectivity index (χ2v) is 4.44. The molecule has 0 saturated carbocycles. The topological polar surface area (TPSA) is 43.4 Å². The van der Waals surface area contributed by atoms with E-state index < -0.39 is 0 Å². The summed E-state index contributed by atoms with van der Waals surface area (Å²) in [6, 6.07) is 0. The van der Waals surface area contributed by atoms with Gasteiger partial charge in [-0.25, -0.2) is 0 Å². The number of ether oxygens (including phenoxy) is 1. The van der Waals surface area contributed by atoms with Gasteiger partial charge in [0.15, 0.2) is 0 Å². The molecule has 0 bridgehead atoms. The lowest BCUT2D eigenvalue weighted by Crippen LogP contribution is -2.11. The molecule has 3 heteroatoms. The van der Waals surface area contributed by atoms with Gasteiger partial charge in [0.05, 0.1) is 7.11 Å². The molecule has 0 aromatic heterocycles. The number of carbonyl (C=O) groups excluding carboxylic acids is 2. The molecule has 0 unspecified atom stereocenters. The predicted octanol–water partition coefficient (Wildman–Crippen LogP) is 3.12. The van der Waals surface area contributed by atoms with Crippen molar-refractivity contribution in [3.05, 3.63) is 0 Å². The van der Waals surface area contributed by atoms with Crippen LogP contribution >= 0.6 is 0 Å². The Hall–Kier alpha value is -0.860. The van der Waals surface area contributed by atoms with Crippen LogP contribution in [0.25, 0.3) is 0 Å². The van der Waals surface area contributed by atoms with E-state index in [1.54, 1.807) is 0 Å². The van der Waals surface area contributed by atoms with E-state index in [1.807, 2.05) is 6.92 Å². The Bertz CT molecular complexity index is 211. The van der Waals surface area contributed by atoms with Crippen molar-refractivity contribution in [2.45, 2.75) is 58.8 Å². The zero-order valence-electron chi connectivity index (χ0n) is 10.8. The van der Waals surface area contributed by atoms with Crippen molar-refractivity contribution in [3.8, 4) is 0 Å². The predicted molar refractivity (Wildman–Crippen MR) is 64.2 cm³/mol. The molecule has 0 saturated heterocycles. The Morgan fingerprint density at radius 3 is 2.38 bits per heavy atom. The van der Waals surface area contributed by atoms with Gasteiger partial charge >= 0.3 is 5.97 Å². The Morgan fingerprint density at radius 2 is 1.81 bits per heavy atom. The summed E-state index contributed by atoms with van der Waals surface area (Å²) in [6.07, 6.45) is 6.01. The zero-order chi connectivity index (χ0) is 12.4. The monoisotopic (exact) mass is 228 g/mol. The third kappa shape index (κ3) is 8.45. The maximum Gasteiger partial charge on any atom is 0.305 e. The molecule has 3 nitrogen and oxygen atoms in total. The first kappa shape index (κ1) is 15.1. The van der Waals surface area contributed by atoms with Crippen molar-refractivity contribution in [1.82, 2.24) is 0 Å². The van der Waals surface area contributed by atoms with E-state index in [9.17, 15) is 9.59 Å². The number of hydrogen-bond acceptors (Lipinski definition) is 3. The Morgan fingerprint density at radius 1 is 1.12 bits per heavy atom. The van der Waals surface area contributed by atoms with E-state index in [1.165, 1.54) is 20.0 Å². The van der Waals surface area contributed by atoms with E-state index in [0.717, 1.165) is 12.8 Å². The van der Waals surface area contributed by atoms with Crippen LogP contribution in [-0.4, -0.2) is 18.9 Å².